The average Bonchev–Trinajstić information content (AvgIpc) is 3.13. The summed E-state index contributed by atoms with van der Waals surface area (Å²) in [6.07, 6.45) is 4.36. The molecule has 4 rings (SSSR count). The molecule has 24 heavy (non-hydrogen) atoms. The smallest absolute Gasteiger partial charge is 0.242 e. The first-order valence-electron chi connectivity index (χ1n) is 7.65. The molecule has 0 bridgehead atoms. The molecule has 10 heteroatoms. The van der Waals surface area contributed by atoms with Gasteiger partial charge in [-0.1, -0.05) is 0 Å². The van der Waals surface area contributed by atoms with Crippen LogP contribution >= 0.6 is 0 Å². The Morgan fingerprint density at radius 2 is 2.17 bits per heavy atom. The van der Waals surface area contributed by atoms with E-state index in [1.165, 1.54) is 12.5 Å². The number of sulfonamides is 1. The van der Waals surface area contributed by atoms with Crippen LogP contribution in [0.3, 0.4) is 0 Å². The Morgan fingerprint density at radius 1 is 1.33 bits per heavy atom. The third kappa shape index (κ3) is 2.38. The van der Waals surface area contributed by atoms with Gasteiger partial charge in [0.15, 0.2) is 5.65 Å². The minimum absolute atomic E-state index is 0.128. The minimum atomic E-state index is -3.71. The molecule has 3 aromatic rings. The van der Waals surface area contributed by atoms with Crippen LogP contribution in [0.2, 0.25) is 0 Å². The molecule has 0 spiro atoms. The van der Waals surface area contributed by atoms with E-state index in [1.807, 2.05) is 6.92 Å². The van der Waals surface area contributed by atoms with Crippen molar-refractivity contribution in [1.82, 2.24) is 34.3 Å². The summed E-state index contributed by atoms with van der Waals surface area (Å²) in [4.78, 5) is 8.55. The molecule has 0 amide bonds. The van der Waals surface area contributed by atoms with Crippen LogP contribution in [0.1, 0.15) is 30.4 Å². The number of rotatable bonds is 3. The van der Waals surface area contributed by atoms with Crippen LogP contribution in [0, 0.1) is 6.92 Å². The van der Waals surface area contributed by atoms with Crippen molar-refractivity contribution in [3.05, 3.63) is 30.1 Å². The summed E-state index contributed by atoms with van der Waals surface area (Å²) < 4.78 is 31.6. The lowest BCUT2D eigenvalue weighted by Crippen LogP contribution is -2.33. The number of hydrogen-bond acceptors (Lipinski definition) is 6. The number of aromatic nitrogens is 6. The standard InChI is InChI=1S/C14H17N7O2S/c1-9-11-6-10(7-15-13(11)20(2)18-9)24(22,23)19-12-4-3-5-21-14(12)16-8-17-21/h6-8,12,19H,3-5H2,1-2H3/t12-/m1/s1. The maximum Gasteiger partial charge on any atom is 0.242 e. The number of fused-ring (bicyclic) bond motifs is 2. The predicted molar refractivity (Wildman–Crippen MR) is 85.6 cm³/mol. The summed E-state index contributed by atoms with van der Waals surface area (Å²) in [5.41, 5.74) is 1.40. The molecule has 0 unspecified atom stereocenters. The van der Waals surface area contributed by atoms with Crippen LogP contribution in [-0.4, -0.2) is 37.9 Å². The number of aryl methyl sites for hydroxylation is 3. The van der Waals surface area contributed by atoms with Crippen LogP contribution < -0.4 is 4.72 Å². The van der Waals surface area contributed by atoms with Crippen molar-refractivity contribution in [1.29, 1.82) is 0 Å². The van der Waals surface area contributed by atoms with Gasteiger partial charge in [0.05, 0.1) is 11.7 Å². The lowest BCUT2D eigenvalue weighted by Gasteiger charge is -2.22. The second-order valence-electron chi connectivity index (χ2n) is 5.91. The van der Waals surface area contributed by atoms with E-state index in [2.05, 4.69) is 24.9 Å². The predicted octanol–water partition coefficient (Wildman–Crippen LogP) is 0.682. The van der Waals surface area contributed by atoms with Crippen molar-refractivity contribution < 1.29 is 8.42 Å². The van der Waals surface area contributed by atoms with Crippen LogP contribution in [0.5, 0.6) is 0 Å². The number of hydrogen-bond donors (Lipinski definition) is 1. The molecular formula is C14H17N7O2S. The maximum absolute atomic E-state index is 12.8. The molecule has 1 atom stereocenters. The van der Waals surface area contributed by atoms with Gasteiger partial charge in [-0.2, -0.15) is 10.2 Å². The summed E-state index contributed by atoms with van der Waals surface area (Å²) in [6.45, 7) is 2.59. The molecule has 0 radical (unpaired) electrons. The van der Waals surface area contributed by atoms with Crippen LogP contribution in [0.25, 0.3) is 11.0 Å². The van der Waals surface area contributed by atoms with Gasteiger partial charge in [0.2, 0.25) is 10.0 Å². The Balaban J connectivity index is 1.70. The molecule has 9 nitrogen and oxygen atoms in total. The summed E-state index contributed by atoms with van der Waals surface area (Å²) in [6, 6.07) is 1.23. The third-order valence-electron chi connectivity index (χ3n) is 4.27. The highest BCUT2D eigenvalue weighted by Gasteiger charge is 2.28. The first-order chi connectivity index (χ1) is 11.5. The fraction of sp³-hybridized carbons (Fsp3) is 0.429. The summed E-state index contributed by atoms with van der Waals surface area (Å²) >= 11 is 0. The Kier molecular flexibility index (Phi) is 3.39. The van der Waals surface area contributed by atoms with Gasteiger partial charge in [0.1, 0.15) is 17.0 Å². The van der Waals surface area contributed by atoms with E-state index in [0.29, 0.717) is 17.9 Å². The molecule has 0 saturated carbocycles. The van der Waals surface area contributed by atoms with Gasteiger partial charge in [-0.3, -0.25) is 4.68 Å². The molecule has 0 fully saturated rings. The largest absolute Gasteiger partial charge is 0.250 e. The minimum Gasteiger partial charge on any atom is -0.250 e. The summed E-state index contributed by atoms with van der Waals surface area (Å²) in [7, 11) is -1.93. The second-order valence-corrected chi connectivity index (χ2v) is 7.62. The van der Waals surface area contributed by atoms with Crippen molar-refractivity contribution in [2.45, 2.75) is 37.2 Å². The summed E-state index contributed by atoms with van der Waals surface area (Å²) in [5, 5.41) is 9.11. The second kappa shape index (κ2) is 5.35. The van der Waals surface area contributed by atoms with Crippen LogP contribution in [-0.2, 0) is 23.6 Å². The first kappa shape index (κ1) is 15.2. The summed E-state index contributed by atoms with van der Waals surface area (Å²) in [5.74, 6) is 0.649. The lowest BCUT2D eigenvalue weighted by atomic mass is 10.1. The van der Waals surface area contributed by atoms with Crippen molar-refractivity contribution in [3.63, 3.8) is 0 Å². The third-order valence-corrected chi connectivity index (χ3v) is 5.70. The SMILES string of the molecule is Cc1nn(C)c2ncc(S(=O)(=O)N[C@@H]3CCCn4ncnc43)cc12. The fourth-order valence-electron chi connectivity index (χ4n) is 3.09. The molecule has 1 N–H and O–H groups in total. The van der Waals surface area contributed by atoms with Gasteiger partial charge in [-0.15, -0.1) is 0 Å². The van der Waals surface area contributed by atoms with Crippen molar-refractivity contribution in [2.24, 2.45) is 7.05 Å². The molecule has 3 aromatic heterocycles. The van der Waals surface area contributed by atoms with E-state index >= 15 is 0 Å². The highest BCUT2D eigenvalue weighted by Crippen LogP contribution is 2.25. The first-order valence-corrected chi connectivity index (χ1v) is 9.13. The lowest BCUT2D eigenvalue weighted by molar-refractivity contribution is 0.400. The van der Waals surface area contributed by atoms with E-state index in [-0.39, 0.29) is 10.9 Å². The molecule has 4 heterocycles. The van der Waals surface area contributed by atoms with E-state index < -0.39 is 10.0 Å². The Bertz CT molecular complexity index is 1020. The number of nitrogens with one attached hydrogen (secondary N) is 1. The topological polar surface area (TPSA) is 108 Å². The van der Waals surface area contributed by atoms with Gasteiger partial charge >= 0.3 is 0 Å². The Hall–Kier alpha value is -2.33. The van der Waals surface area contributed by atoms with Crippen LogP contribution in [0.15, 0.2) is 23.5 Å². The van der Waals surface area contributed by atoms with Crippen molar-refractivity contribution in [3.8, 4) is 0 Å². The van der Waals surface area contributed by atoms with E-state index in [1.54, 1.807) is 22.5 Å². The average molecular weight is 347 g/mol. The molecule has 1 aliphatic heterocycles. The van der Waals surface area contributed by atoms with Gasteiger partial charge < -0.3 is 0 Å². The molecule has 0 aliphatic carbocycles. The normalized spacial score (nSPS) is 18.0. The molecule has 0 saturated heterocycles. The van der Waals surface area contributed by atoms with Gasteiger partial charge in [0, 0.05) is 25.2 Å². The molecular weight excluding hydrogens is 330 g/mol. The zero-order chi connectivity index (χ0) is 16.9. The highest BCUT2D eigenvalue weighted by atomic mass is 32.2. The Morgan fingerprint density at radius 3 is 3.00 bits per heavy atom. The van der Waals surface area contributed by atoms with E-state index in [0.717, 1.165) is 24.0 Å². The highest BCUT2D eigenvalue weighted by molar-refractivity contribution is 7.89. The zero-order valence-electron chi connectivity index (χ0n) is 13.3. The van der Waals surface area contributed by atoms with Gasteiger partial charge in [-0.25, -0.2) is 27.8 Å². The van der Waals surface area contributed by atoms with E-state index in [9.17, 15) is 8.42 Å². The van der Waals surface area contributed by atoms with Crippen molar-refractivity contribution >= 4 is 21.1 Å². The van der Waals surface area contributed by atoms with E-state index in [4.69, 9.17) is 0 Å². The monoisotopic (exact) mass is 347 g/mol. The molecule has 0 aromatic carbocycles. The number of pyridine rings is 1. The molecule has 126 valence electrons. The fourth-order valence-corrected chi connectivity index (χ4v) is 4.29. The maximum atomic E-state index is 12.8. The van der Waals surface area contributed by atoms with Crippen molar-refractivity contribution in [2.75, 3.05) is 0 Å². The zero-order valence-corrected chi connectivity index (χ0v) is 14.2. The van der Waals surface area contributed by atoms with Crippen LogP contribution in [0.4, 0.5) is 0 Å². The molecule has 1 aliphatic rings. The quantitative estimate of drug-likeness (QED) is 0.746. The van der Waals surface area contributed by atoms with Gasteiger partial charge in [0.25, 0.3) is 0 Å². The number of nitrogens with zero attached hydrogens (tertiary/aromatic N) is 6. The Labute approximate surface area is 138 Å². The van der Waals surface area contributed by atoms with Gasteiger partial charge in [-0.05, 0) is 25.8 Å².